The van der Waals surface area contributed by atoms with Gasteiger partial charge in [0.15, 0.2) is 5.69 Å². The SMILES string of the molecule is COC(=O)c1scc([N+](=O)[O-])c1-n1ccc(=O)[nH]c1=O. The lowest BCUT2D eigenvalue weighted by molar-refractivity contribution is -0.384. The molecule has 0 aliphatic rings. The first-order valence-corrected chi connectivity index (χ1v) is 6.00. The topological polar surface area (TPSA) is 124 Å². The van der Waals surface area contributed by atoms with Crippen LogP contribution >= 0.6 is 11.3 Å². The number of nitro groups is 1. The number of rotatable bonds is 3. The lowest BCUT2D eigenvalue weighted by Crippen LogP contribution is -2.28. The number of H-pyrrole nitrogens is 1. The fourth-order valence-electron chi connectivity index (χ4n) is 1.54. The monoisotopic (exact) mass is 297 g/mol. The third kappa shape index (κ3) is 2.23. The summed E-state index contributed by atoms with van der Waals surface area (Å²) in [6.45, 7) is 0. The van der Waals surface area contributed by atoms with E-state index >= 15 is 0 Å². The summed E-state index contributed by atoms with van der Waals surface area (Å²) in [7, 11) is 1.12. The standard InChI is InChI=1S/C10H7N3O6S/c1-19-9(15)8-7(5(4-20-8)13(17)18)12-3-2-6(14)11-10(12)16/h2-4H,1H3,(H,11,14,16). The van der Waals surface area contributed by atoms with Crippen molar-refractivity contribution in [3.63, 3.8) is 0 Å². The molecule has 0 bridgehead atoms. The Kier molecular flexibility index (Phi) is 3.48. The van der Waals surface area contributed by atoms with Crippen molar-refractivity contribution in [3.8, 4) is 5.69 Å². The fraction of sp³-hybridized carbons (Fsp3) is 0.100. The molecule has 0 unspecified atom stereocenters. The summed E-state index contributed by atoms with van der Waals surface area (Å²) in [6.07, 6.45) is 1.06. The molecule has 2 heterocycles. The number of methoxy groups -OCH3 is 1. The molecule has 0 aliphatic heterocycles. The number of aromatic amines is 1. The molecule has 20 heavy (non-hydrogen) atoms. The maximum Gasteiger partial charge on any atom is 0.350 e. The minimum atomic E-state index is -0.885. The molecule has 0 spiro atoms. The summed E-state index contributed by atoms with van der Waals surface area (Å²) in [5.74, 6) is -0.809. The van der Waals surface area contributed by atoms with Crippen LogP contribution in [0, 0.1) is 10.1 Å². The van der Waals surface area contributed by atoms with Gasteiger partial charge in [-0.05, 0) is 0 Å². The van der Waals surface area contributed by atoms with Gasteiger partial charge in [-0.2, -0.15) is 0 Å². The number of nitrogens with zero attached hydrogens (tertiary/aromatic N) is 2. The quantitative estimate of drug-likeness (QED) is 0.493. The Hall–Kier alpha value is -2.75. The number of carbonyl (C=O) groups is 1. The van der Waals surface area contributed by atoms with E-state index in [0.717, 1.165) is 40.7 Å². The van der Waals surface area contributed by atoms with Crippen molar-refractivity contribution in [2.45, 2.75) is 0 Å². The number of hydrogen-bond acceptors (Lipinski definition) is 7. The van der Waals surface area contributed by atoms with Crippen LogP contribution in [0.25, 0.3) is 5.69 Å². The first-order chi connectivity index (χ1) is 9.45. The van der Waals surface area contributed by atoms with E-state index in [4.69, 9.17) is 0 Å². The summed E-state index contributed by atoms with van der Waals surface area (Å²) >= 11 is 0.777. The van der Waals surface area contributed by atoms with Crippen LogP contribution in [0.1, 0.15) is 9.67 Å². The van der Waals surface area contributed by atoms with Gasteiger partial charge >= 0.3 is 17.3 Å². The second kappa shape index (κ2) is 5.09. The van der Waals surface area contributed by atoms with Gasteiger partial charge in [-0.15, -0.1) is 11.3 Å². The number of thiophene rings is 1. The smallest absolute Gasteiger partial charge is 0.350 e. The minimum absolute atomic E-state index is 0.103. The third-order valence-electron chi connectivity index (χ3n) is 2.38. The largest absolute Gasteiger partial charge is 0.465 e. The number of hydrogen-bond donors (Lipinski definition) is 1. The van der Waals surface area contributed by atoms with Gasteiger partial charge in [0.25, 0.3) is 5.56 Å². The minimum Gasteiger partial charge on any atom is -0.465 e. The molecule has 2 aromatic heterocycles. The molecule has 0 radical (unpaired) electrons. The molecule has 1 N–H and O–H groups in total. The van der Waals surface area contributed by atoms with E-state index < -0.39 is 27.8 Å². The molecule has 104 valence electrons. The maximum absolute atomic E-state index is 11.7. The highest BCUT2D eigenvalue weighted by Gasteiger charge is 2.27. The number of nitrogens with one attached hydrogen (secondary N) is 1. The van der Waals surface area contributed by atoms with Gasteiger partial charge in [-0.1, -0.05) is 0 Å². The normalized spacial score (nSPS) is 10.2. The van der Waals surface area contributed by atoms with Crippen molar-refractivity contribution >= 4 is 23.0 Å². The Bertz CT molecular complexity index is 802. The van der Waals surface area contributed by atoms with Gasteiger partial charge in [0.2, 0.25) is 0 Å². The highest BCUT2D eigenvalue weighted by molar-refractivity contribution is 7.13. The van der Waals surface area contributed by atoms with Gasteiger partial charge in [0.05, 0.1) is 17.4 Å². The van der Waals surface area contributed by atoms with E-state index in [2.05, 4.69) is 4.74 Å². The Balaban J connectivity index is 2.79. The second-order valence-corrected chi connectivity index (χ2v) is 4.41. The first-order valence-electron chi connectivity index (χ1n) is 5.12. The average molecular weight is 297 g/mol. The van der Waals surface area contributed by atoms with Crippen LogP contribution in [-0.2, 0) is 4.74 Å². The summed E-state index contributed by atoms with van der Waals surface area (Å²) in [6, 6.07) is 1.02. The van der Waals surface area contributed by atoms with E-state index in [1.54, 1.807) is 0 Å². The molecule has 0 aliphatic carbocycles. The van der Waals surface area contributed by atoms with Gasteiger partial charge in [-0.3, -0.25) is 24.5 Å². The summed E-state index contributed by atoms with van der Waals surface area (Å²) in [5, 5.41) is 12.1. The Morgan fingerprint density at radius 3 is 2.75 bits per heavy atom. The van der Waals surface area contributed by atoms with Crippen molar-refractivity contribution in [2.24, 2.45) is 0 Å². The zero-order valence-electron chi connectivity index (χ0n) is 9.98. The highest BCUT2D eigenvalue weighted by atomic mass is 32.1. The molecular formula is C10H7N3O6S. The molecule has 0 aromatic carbocycles. The molecule has 0 fully saturated rings. The number of esters is 1. The van der Waals surface area contributed by atoms with Crippen molar-refractivity contribution in [1.29, 1.82) is 0 Å². The van der Waals surface area contributed by atoms with Gasteiger partial charge in [0.1, 0.15) is 4.88 Å². The summed E-state index contributed by atoms with van der Waals surface area (Å²) in [5.41, 5.74) is -2.19. The van der Waals surface area contributed by atoms with Crippen LogP contribution in [-0.4, -0.2) is 27.6 Å². The Morgan fingerprint density at radius 2 is 2.20 bits per heavy atom. The van der Waals surface area contributed by atoms with Gasteiger partial charge in [0, 0.05) is 12.3 Å². The highest BCUT2D eigenvalue weighted by Crippen LogP contribution is 2.32. The van der Waals surface area contributed by atoms with E-state index in [0.29, 0.717) is 0 Å². The molecular weight excluding hydrogens is 290 g/mol. The average Bonchev–Trinajstić information content (AvgIpc) is 2.82. The van der Waals surface area contributed by atoms with E-state index in [9.17, 15) is 24.5 Å². The third-order valence-corrected chi connectivity index (χ3v) is 3.32. The van der Waals surface area contributed by atoms with Crippen LogP contribution in [0.5, 0.6) is 0 Å². The number of aromatic nitrogens is 2. The molecule has 0 amide bonds. The van der Waals surface area contributed by atoms with E-state index in [1.165, 1.54) is 0 Å². The van der Waals surface area contributed by atoms with Crippen LogP contribution in [0.3, 0.4) is 0 Å². The van der Waals surface area contributed by atoms with E-state index in [-0.39, 0.29) is 10.6 Å². The van der Waals surface area contributed by atoms with Crippen molar-refractivity contribution in [2.75, 3.05) is 7.11 Å². The summed E-state index contributed by atoms with van der Waals surface area (Å²) < 4.78 is 5.34. The predicted octanol–water partition coefficient (Wildman–Crippen LogP) is 0.282. The van der Waals surface area contributed by atoms with Crippen LogP contribution in [0.4, 0.5) is 5.69 Å². The second-order valence-electron chi connectivity index (χ2n) is 3.53. The molecule has 2 aromatic rings. The maximum atomic E-state index is 11.7. The lowest BCUT2D eigenvalue weighted by atomic mass is 10.3. The van der Waals surface area contributed by atoms with Crippen LogP contribution in [0.2, 0.25) is 0 Å². The number of carbonyl (C=O) groups excluding carboxylic acids is 1. The first kappa shape index (κ1) is 13.7. The lowest BCUT2D eigenvalue weighted by Gasteiger charge is -2.04. The molecule has 10 heteroatoms. The van der Waals surface area contributed by atoms with Gasteiger partial charge in [-0.25, -0.2) is 9.59 Å². The van der Waals surface area contributed by atoms with Gasteiger partial charge < -0.3 is 4.74 Å². The molecule has 9 nitrogen and oxygen atoms in total. The van der Waals surface area contributed by atoms with Crippen LogP contribution in [0.15, 0.2) is 27.2 Å². The van der Waals surface area contributed by atoms with E-state index in [1.807, 2.05) is 4.98 Å². The van der Waals surface area contributed by atoms with Crippen LogP contribution < -0.4 is 11.2 Å². The Labute approximate surface area is 114 Å². The predicted molar refractivity (Wildman–Crippen MR) is 68.5 cm³/mol. The molecule has 0 saturated carbocycles. The fourth-order valence-corrected chi connectivity index (χ4v) is 2.46. The van der Waals surface area contributed by atoms with Crippen molar-refractivity contribution in [3.05, 3.63) is 53.5 Å². The van der Waals surface area contributed by atoms with Crippen molar-refractivity contribution in [1.82, 2.24) is 9.55 Å². The number of ether oxygens (including phenoxy) is 1. The molecule has 2 rings (SSSR count). The Morgan fingerprint density at radius 1 is 1.50 bits per heavy atom. The zero-order chi connectivity index (χ0) is 14.9. The summed E-state index contributed by atoms with van der Waals surface area (Å²) in [4.78, 5) is 46.4. The van der Waals surface area contributed by atoms with Crippen molar-refractivity contribution < 1.29 is 14.5 Å². The molecule has 0 saturated heterocycles. The zero-order valence-corrected chi connectivity index (χ0v) is 10.8. The molecule has 0 atom stereocenters.